The summed E-state index contributed by atoms with van der Waals surface area (Å²) < 4.78 is 0. The zero-order chi connectivity index (χ0) is 15.2. The minimum absolute atomic E-state index is 0.203. The van der Waals surface area contributed by atoms with Crippen molar-refractivity contribution in [3.8, 4) is 0 Å². The van der Waals surface area contributed by atoms with Crippen molar-refractivity contribution in [1.29, 1.82) is 0 Å². The highest BCUT2D eigenvalue weighted by molar-refractivity contribution is 7.99. The number of carbonyl (C=O) groups is 1. The van der Waals surface area contributed by atoms with Gasteiger partial charge < -0.3 is 10.2 Å². The van der Waals surface area contributed by atoms with Crippen molar-refractivity contribution in [2.45, 2.75) is 44.7 Å². The molecular weight excluding hydrogens is 292 g/mol. The first kappa shape index (κ1) is 15.9. The van der Waals surface area contributed by atoms with E-state index in [9.17, 15) is 4.79 Å². The molecular formula is C18H26N2OS. The fourth-order valence-corrected chi connectivity index (χ4v) is 4.36. The van der Waals surface area contributed by atoms with Gasteiger partial charge in [0.05, 0.1) is 0 Å². The average Bonchev–Trinajstić information content (AvgIpc) is 2.61. The molecule has 1 aromatic carbocycles. The van der Waals surface area contributed by atoms with Crippen LogP contribution in [0, 0.1) is 0 Å². The Bertz CT molecular complexity index is 494. The van der Waals surface area contributed by atoms with Gasteiger partial charge in [0.2, 0.25) is 0 Å². The highest BCUT2D eigenvalue weighted by Gasteiger charge is 2.18. The third kappa shape index (κ3) is 4.26. The number of nitrogens with one attached hydrogen (secondary N) is 1. The molecule has 120 valence electrons. The molecule has 3 rings (SSSR count). The molecule has 1 N–H and O–H groups in total. The number of thioether (sulfide) groups is 1. The van der Waals surface area contributed by atoms with Crippen molar-refractivity contribution >= 4 is 17.7 Å². The van der Waals surface area contributed by atoms with Crippen molar-refractivity contribution in [1.82, 2.24) is 10.2 Å². The molecule has 0 radical (unpaired) electrons. The molecule has 3 nitrogen and oxygen atoms in total. The van der Waals surface area contributed by atoms with Gasteiger partial charge in [0, 0.05) is 37.0 Å². The van der Waals surface area contributed by atoms with Crippen LogP contribution in [0.3, 0.4) is 0 Å². The molecule has 2 fully saturated rings. The van der Waals surface area contributed by atoms with E-state index < -0.39 is 0 Å². The van der Waals surface area contributed by atoms with E-state index in [0.717, 1.165) is 38.0 Å². The number of hydrogen-bond donors (Lipinski definition) is 1. The van der Waals surface area contributed by atoms with Crippen LogP contribution in [0.15, 0.2) is 24.3 Å². The van der Waals surface area contributed by atoms with Gasteiger partial charge in [-0.25, -0.2) is 0 Å². The highest BCUT2D eigenvalue weighted by Crippen LogP contribution is 2.18. The number of amides is 1. The van der Waals surface area contributed by atoms with Crippen molar-refractivity contribution in [3.05, 3.63) is 35.4 Å². The molecule has 2 aliphatic rings. The second kappa shape index (κ2) is 8.02. The van der Waals surface area contributed by atoms with Crippen LogP contribution in [0.1, 0.15) is 48.0 Å². The number of likely N-dealkylation sites (tertiary alicyclic amines) is 1. The lowest BCUT2D eigenvalue weighted by atomic mass is 10.1. The molecule has 0 spiro atoms. The molecule has 0 bridgehead atoms. The number of hydrogen-bond acceptors (Lipinski definition) is 3. The van der Waals surface area contributed by atoms with Crippen LogP contribution in [-0.4, -0.2) is 41.4 Å². The summed E-state index contributed by atoms with van der Waals surface area (Å²) in [6.45, 7) is 2.70. The molecule has 1 atom stereocenters. The number of benzene rings is 1. The number of carbonyl (C=O) groups excluding carboxylic acids is 1. The Hall–Kier alpha value is -1.00. The molecule has 22 heavy (non-hydrogen) atoms. The lowest BCUT2D eigenvalue weighted by Gasteiger charge is -2.27. The third-order valence-electron chi connectivity index (χ3n) is 4.57. The van der Waals surface area contributed by atoms with Gasteiger partial charge in [-0.1, -0.05) is 12.1 Å². The number of nitrogens with zero attached hydrogens (tertiary/aromatic N) is 1. The summed E-state index contributed by atoms with van der Waals surface area (Å²) >= 11 is 2.04. The molecule has 0 aromatic heterocycles. The third-order valence-corrected chi connectivity index (χ3v) is 5.79. The summed E-state index contributed by atoms with van der Waals surface area (Å²) in [7, 11) is 0. The Balaban J connectivity index is 1.58. The molecule has 0 aliphatic carbocycles. The normalized spacial score (nSPS) is 22.5. The van der Waals surface area contributed by atoms with Crippen LogP contribution in [0.25, 0.3) is 0 Å². The van der Waals surface area contributed by atoms with E-state index >= 15 is 0 Å². The van der Waals surface area contributed by atoms with E-state index in [1.54, 1.807) is 0 Å². The van der Waals surface area contributed by atoms with Gasteiger partial charge in [0.15, 0.2) is 0 Å². The largest absolute Gasteiger partial charge is 0.339 e. The molecule has 1 amide bonds. The zero-order valence-corrected chi connectivity index (χ0v) is 14.0. The van der Waals surface area contributed by atoms with Gasteiger partial charge in [-0.15, -0.1) is 0 Å². The summed E-state index contributed by atoms with van der Waals surface area (Å²) in [6, 6.07) is 8.79. The second-order valence-electron chi connectivity index (χ2n) is 6.35. The first-order chi connectivity index (χ1) is 10.8. The molecule has 2 heterocycles. The minimum Gasteiger partial charge on any atom is -0.339 e. The second-order valence-corrected chi connectivity index (χ2v) is 7.50. The molecule has 4 heteroatoms. The summed E-state index contributed by atoms with van der Waals surface area (Å²) in [5.41, 5.74) is 2.07. The van der Waals surface area contributed by atoms with Gasteiger partial charge in [-0.2, -0.15) is 11.8 Å². The average molecular weight is 318 g/mol. The van der Waals surface area contributed by atoms with Gasteiger partial charge in [-0.3, -0.25) is 4.79 Å². The Kier molecular flexibility index (Phi) is 5.79. The maximum atomic E-state index is 12.6. The predicted molar refractivity (Wildman–Crippen MR) is 93.4 cm³/mol. The van der Waals surface area contributed by atoms with E-state index in [1.807, 2.05) is 28.8 Å². The molecule has 0 saturated carbocycles. The van der Waals surface area contributed by atoms with Crippen LogP contribution in [0.2, 0.25) is 0 Å². The standard InChI is InChI=1S/C18H26N2OS/c21-18(20-9-2-1-3-10-20)16-7-4-6-15(12-16)13-19-17-8-5-11-22-14-17/h4,6-7,12,17,19H,1-3,5,8-11,13-14H2. The quantitative estimate of drug-likeness (QED) is 0.924. The molecule has 2 aliphatic heterocycles. The predicted octanol–water partition coefficient (Wildman–Crippen LogP) is 3.30. The fourth-order valence-electron chi connectivity index (χ4n) is 3.26. The van der Waals surface area contributed by atoms with Crippen LogP contribution < -0.4 is 5.32 Å². The van der Waals surface area contributed by atoms with Gasteiger partial charge >= 0.3 is 0 Å². The Morgan fingerprint density at radius 3 is 2.86 bits per heavy atom. The monoisotopic (exact) mass is 318 g/mol. The number of piperidine rings is 1. The number of rotatable bonds is 4. The summed E-state index contributed by atoms with van der Waals surface area (Å²) in [5.74, 6) is 2.72. The fraction of sp³-hybridized carbons (Fsp3) is 0.611. The van der Waals surface area contributed by atoms with Crippen LogP contribution in [0.4, 0.5) is 0 Å². The van der Waals surface area contributed by atoms with Crippen molar-refractivity contribution in [2.24, 2.45) is 0 Å². The first-order valence-electron chi connectivity index (χ1n) is 8.52. The van der Waals surface area contributed by atoms with Crippen LogP contribution in [0.5, 0.6) is 0 Å². The molecule has 1 aromatic rings. The lowest BCUT2D eigenvalue weighted by Crippen LogP contribution is -2.35. The highest BCUT2D eigenvalue weighted by atomic mass is 32.2. The van der Waals surface area contributed by atoms with E-state index in [2.05, 4.69) is 17.4 Å². The summed E-state index contributed by atoms with van der Waals surface area (Å²) in [6.07, 6.45) is 6.14. The maximum Gasteiger partial charge on any atom is 0.253 e. The van der Waals surface area contributed by atoms with E-state index in [4.69, 9.17) is 0 Å². The summed E-state index contributed by atoms with van der Waals surface area (Å²) in [5, 5.41) is 3.64. The van der Waals surface area contributed by atoms with Crippen molar-refractivity contribution in [3.63, 3.8) is 0 Å². The SMILES string of the molecule is O=C(c1cccc(CNC2CCCSC2)c1)N1CCCCC1. The molecule has 2 saturated heterocycles. The van der Waals surface area contributed by atoms with Gasteiger partial charge in [0.1, 0.15) is 0 Å². The van der Waals surface area contributed by atoms with Crippen LogP contribution >= 0.6 is 11.8 Å². The minimum atomic E-state index is 0.203. The Morgan fingerprint density at radius 2 is 2.09 bits per heavy atom. The van der Waals surface area contributed by atoms with Gasteiger partial charge in [-0.05, 0) is 55.6 Å². The van der Waals surface area contributed by atoms with E-state index in [0.29, 0.717) is 6.04 Å². The molecule has 1 unspecified atom stereocenters. The van der Waals surface area contributed by atoms with Gasteiger partial charge in [0.25, 0.3) is 5.91 Å². The Morgan fingerprint density at radius 1 is 1.23 bits per heavy atom. The van der Waals surface area contributed by atoms with E-state index in [-0.39, 0.29) is 5.91 Å². The smallest absolute Gasteiger partial charge is 0.253 e. The van der Waals surface area contributed by atoms with Crippen molar-refractivity contribution < 1.29 is 4.79 Å². The maximum absolute atomic E-state index is 12.6. The topological polar surface area (TPSA) is 32.3 Å². The summed E-state index contributed by atoms with van der Waals surface area (Å²) in [4.78, 5) is 14.6. The van der Waals surface area contributed by atoms with E-state index in [1.165, 1.54) is 36.3 Å². The zero-order valence-electron chi connectivity index (χ0n) is 13.2. The Labute approximate surface area is 137 Å². The van der Waals surface area contributed by atoms with Crippen LogP contribution in [-0.2, 0) is 6.54 Å². The lowest BCUT2D eigenvalue weighted by molar-refractivity contribution is 0.0724. The first-order valence-corrected chi connectivity index (χ1v) is 9.68. The van der Waals surface area contributed by atoms with Crippen molar-refractivity contribution in [2.75, 3.05) is 24.6 Å².